The number of aromatic nitrogens is 1. The lowest BCUT2D eigenvalue weighted by molar-refractivity contribution is -0.121. The first kappa shape index (κ1) is 17.8. The van der Waals surface area contributed by atoms with Gasteiger partial charge in [-0.05, 0) is 31.0 Å². The van der Waals surface area contributed by atoms with Gasteiger partial charge in [0.2, 0.25) is 5.91 Å². The summed E-state index contributed by atoms with van der Waals surface area (Å²) in [7, 11) is 0. The molecule has 1 aromatic heterocycles. The molecule has 1 amide bonds. The third kappa shape index (κ3) is 5.26. The highest BCUT2D eigenvalue weighted by molar-refractivity contribution is 8.00. The molecule has 0 bridgehead atoms. The molecule has 0 aliphatic rings. The summed E-state index contributed by atoms with van der Waals surface area (Å²) in [4.78, 5) is 16.7. The molecule has 0 aliphatic heterocycles. The van der Waals surface area contributed by atoms with Gasteiger partial charge in [-0.3, -0.25) is 4.79 Å². The third-order valence-corrected chi connectivity index (χ3v) is 5.01. The van der Waals surface area contributed by atoms with Crippen molar-refractivity contribution in [2.45, 2.75) is 43.0 Å². The van der Waals surface area contributed by atoms with Gasteiger partial charge in [-0.2, -0.15) is 0 Å². The summed E-state index contributed by atoms with van der Waals surface area (Å²) in [6.45, 7) is 3.99. The van der Waals surface area contributed by atoms with Crippen LogP contribution in [0, 0.1) is 0 Å². The Hall–Kier alpha value is -1.52. The van der Waals surface area contributed by atoms with Crippen molar-refractivity contribution in [3.05, 3.63) is 59.2 Å². The maximum absolute atomic E-state index is 12.5. The molecule has 0 spiro atoms. The Morgan fingerprint density at radius 2 is 2.00 bits per heavy atom. The molecule has 3 nitrogen and oxygen atoms in total. The first-order valence-corrected chi connectivity index (χ1v) is 9.00. The summed E-state index contributed by atoms with van der Waals surface area (Å²) in [5, 5.41) is 4.14. The molecule has 0 saturated heterocycles. The smallest absolute Gasteiger partial charge is 0.233 e. The number of benzene rings is 1. The molecule has 2 atom stereocenters. The normalized spacial score (nSPS) is 13.3. The number of carbonyl (C=O) groups excluding carboxylic acids is 1. The largest absolute Gasteiger partial charge is 0.348 e. The van der Waals surface area contributed by atoms with Crippen molar-refractivity contribution in [2.24, 2.45) is 0 Å². The van der Waals surface area contributed by atoms with Crippen LogP contribution in [0.1, 0.15) is 38.3 Å². The fourth-order valence-electron chi connectivity index (χ4n) is 2.26. The van der Waals surface area contributed by atoms with Crippen LogP contribution in [-0.2, 0) is 4.79 Å². The molecule has 1 heterocycles. The van der Waals surface area contributed by atoms with E-state index in [1.54, 1.807) is 18.3 Å². The standard InChI is InChI=1S/C18H21ClN2OS/c1-3-8-16(14-9-5-4-6-10-14)21-17(22)13(2)23-18-15(19)11-7-12-20-18/h4-7,9-13,16H,3,8H2,1-2H3,(H,21,22). The maximum atomic E-state index is 12.5. The highest BCUT2D eigenvalue weighted by Gasteiger charge is 2.20. The summed E-state index contributed by atoms with van der Waals surface area (Å²) in [6, 6.07) is 13.7. The number of nitrogens with zero attached hydrogens (tertiary/aromatic N) is 1. The van der Waals surface area contributed by atoms with Crippen molar-refractivity contribution in [1.82, 2.24) is 10.3 Å². The van der Waals surface area contributed by atoms with E-state index in [1.807, 2.05) is 37.3 Å². The number of halogens is 1. The van der Waals surface area contributed by atoms with E-state index in [2.05, 4.69) is 17.2 Å². The molecule has 0 saturated carbocycles. The van der Waals surface area contributed by atoms with Crippen molar-refractivity contribution >= 4 is 29.3 Å². The van der Waals surface area contributed by atoms with Crippen LogP contribution in [0.2, 0.25) is 5.02 Å². The number of hydrogen-bond acceptors (Lipinski definition) is 3. The number of nitrogens with one attached hydrogen (secondary N) is 1. The minimum Gasteiger partial charge on any atom is -0.348 e. The lowest BCUT2D eigenvalue weighted by Gasteiger charge is -2.21. The number of carbonyl (C=O) groups is 1. The Kier molecular flexibility index (Phi) is 6.93. The summed E-state index contributed by atoms with van der Waals surface area (Å²) < 4.78 is 0. The van der Waals surface area contributed by atoms with Crippen molar-refractivity contribution in [3.63, 3.8) is 0 Å². The number of thioether (sulfide) groups is 1. The Morgan fingerprint density at radius 1 is 1.26 bits per heavy atom. The summed E-state index contributed by atoms with van der Waals surface area (Å²) >= 11 is 7.49. The van der Waals surface area contributed by atoms with Crippen molar-refractivity contribution < 1.29 is 4.79 Å². The third-order valence-electron chi connectivity index (χ3n) is 3.48. The van der Waals surface area contributed by atoms with Gasteiger partial charge in [-0.1, -0.05) is 67.0 Å². The van der Waals surface area contributed by atoms with Gasteiger partial charge in [0.15, 0.2) is 0 Å². The monoisotopic (exact) mass is 348 g/mol. The van der Waals surface area contributed by atoms with Gasteiger partial charge in [-0.25, -0.2) is 4.98 Å². The molecule has 2 unspecified atom stereocenters. The van der Waals surface area contributed by atoms with Crippen molar-refractivity contribution in [3.8, 4) is 0 Å². The van der Waals surface area contributed by atoms with Crippen LogP contribution in [-0.4, -0.2) is 16.1 Å². The number of amides is 1. The second kappa shape index (κ2) is 8.94. The Labute approximate surface area is 146 Å². The van der Waals surface area contributed by atoms with E-state index in [0.29, 0.717) is 10.0 Å². The first-order valence-electron chi connectivity index (χ1n) is 7.74. The van der Waals surface area contributed by atoms with E-state index in [0.717, 1.165) is 18.4 Å². The van der Waals surface area contributed by atoms with Crippen molar-refractivity contribution in [1.29, 1.82) is 0 Å². The van der Waals surface area contributed by atoms with Gasteiger partial charge in [0, 0.05) is 6.20 Å². The second-order valence-electron chi connectivity index (χ2n) is 5.31. The average Bonchev–Trinajstić information content (AvgIpc) is 2.57. The SMILES string of the molecule is CCCC(NC(=O)C(C)Sc1ncccc1Cl)c1ccccc1. The van der Waals surface area contributed by atoms with Crippen LogP contribution < -0.4 is 5.32 Å². The van der Waals surface area contributed by atoms with Gasteiger partial charge in [0.1, 0.15) is 5.03 Å². The van der Waals surface area contributed by atoms with Gasteiger partial charge < -0.3 is 5.32 Å². The molecule has 1 aromatic carbocycles. The van der Waals surface area contributed by atoms with Gasteiger partial charge in [0.25, 0.3) is 0 Å². The molecule has 2 rings (SSSR count). The minimum absolute atomic E-state index is 0.000905. The summed E-state index contributed by atoms with van der Waals surface area (Å²) in [5.74, 6) is -0.000905. The fraction of sp³-hybridized carbons (Fsp3) is 0.333. The lowest BCUT2D eigenvalue weighted by Crippen LogP contribution is -2.34. The lowest BCUT2D eigenvalue weighted by atomic mass is 10.0. The summed E-state index contributed by atoms with van der Waals surface area (Å²) in [5.41, 5.74) is 1.13. The van der Waals surface area contributed by atoms with E-state index >= 15 is 0 Å². The zero-order valence-corrected chi connectivity index (χ0v) is 14.9. The molecule has 5 heteroatoms. The number of hydrogen-bond donors (Lipinski definition) is 1. The van der Waals surface area contributed by atoms with Crippen LogP contribution in [0.3, 0.4) is 0 Å². The molecule has 122 valence electrons. The van der Waals surface area contributed by atoms with E-state index in [4.69, 9.17) is 11.6 Å². The molecular weight excluding hydrogens is 328 g/mol. The average molecular weight is 349 g/mol. The minimum atomic E-state index is -0.259. The highest BCUT2D eigenvalue weighted by Crippen LogP contribution is 2.28. The number of rotatable bonds is 7. The molecule has 0 aliphatic carbocycles. The van der Waals surface area contributed by atoms with Gasteiger partial charge in [-0.15, -0.1) is 0 Å². The van der Waals surface area contributed by atoms with Gasteiger partial charge >= 0.3 is 0 Å². The van der Waals surface area contributed by atoms with Crippen LogP contribution in [0.5, 0.6) is 0 Å². The quantitative estimate of drug-likeness (QED) is 0.725. The van der Waals surface area contributed by atoms with E-state index < -0.39 is 0 Å². The maximum Gasteiger partial charge on any atom is 0.233 e. The fourth-order valence-corrected chi connectivity index (χ4v) is 3.33. The molecule has 2 aromatic rings. The van der Waals surface area contributed by atoms with Crippen LogP contribution in [0.15, 0.2) is 53.7 Å². The molecule has 1 N–H and O–H groups in total. The zero-order valence-electron chi connectivity index (χ0n) is 13.3. The Bertz CT molecular complexity index is 636. The second-order valence-corrected chi connectivity index (χ2v) is 7.05. The highest BCUT2D eigenvalue weighted by atomic mass is 35.5. The molecular formula is C18H21ClN2OS. The predicted molar refractivity (Wildman–Crippen MR) is 96.8 cm³/mol. The Balaban J connectivity index is 2.02. The topological polar surface area (TPSA) is 42.0 Å². The number of pyridine rings is 1. The van der Waals surface area contributed by atoms with E-state index in [1.165, 1.54) is 11.8 Å². The van der Waals surface area contributed by atoms with E-state index in [-0.39, 0.29) is 17.2 Å². The van der Waals surface area contributed by atoms with Crippen molar-refractivity contribution in [2.75, 3.05) is 0 Å². The molecule has 0 radical (unpaired) electrons. The first-order chi connectivity index (χ1) is 11.1. The summed E-state index contributed by atoms with van der Waals surface area (Å²) in [6.07, 6.45) is 3.60. The zero-order chi connectivity index (χ0) is 16.7. The van der Waals surface area contributed by atoms with Crippen LogP contribution >= 0.6 is 23.4 Å². The van der Waals surface area contributed by atoms with Gasteiger partial charge in [0.05, 0.1) is 16.3 Å². The predicted octanol–water partition coefficient (Wildman–Crippen LogP) is 4.87. The van der Waals surface area contributed by atoms with E-state index in [9.17, 15) is 4.79 Å². The van der Waals surface area contributed by atoms with Crippen LogP contribution in [0.25, 0.3) is 0 Å². The molecule has 0 fully saturated rings. The molecule has 23 heavy (non-hydrogen) atoms. The Morgan fingerprint density at radius 3 is 2.65 bits per heavy atom. The van der Waals surface area contributed by atoms with Crippen LogP contribution in [0.4, 0.5) is 0 Å².